The largest absolute Gasteiger partial charge is 0.456 e. The molecule has 3 heterocycles. The van der Waals surface area contributed by atoms with E-state index < -0.39 is 0 Å². The summed E-state index contributed by atoms with van der Waals surface area (Å²) in [5.74, 6) is 1.45. The molecule has 10 rings (SSSR count). The van der Waals surface area contributed by atoms with Crippen LogP contribution in [0, 0.1) is 0 Å². The van der Waals surface area contributed by atoms with Crippen molar-refractivity contribution in [1.29, 1.82) is 0 Å². The molecule has 0 saturated carbocycles. The van der Waals surface area contributed by atoms with Crippen LogP contribution in [0.2, 0.25) is 0 Å². The third-order valence-corrected chi connectivity index (χ3v) is 10.7. The molecule has 0 fully saturated rings. The van der Waals surface area contributed by atoms with Gasteiger partial charge in [0.25, 0.3) is 0 Å². The fraction of sp³-hybridized carbons (Fsp3) is 0.0222. The maximum atomic E-state index is 6.54. The van der Waals surface area contributed by atoms with Crippen molar-refractivity contribution in [3.05, 3.63) is 180 Å². The first-order chi connectivity index (χ1) is 24.7. The van der Waals surface area contributed by atoms with Crippen LogP contribution in [0.3, 0.4) is 0 Å². The van der Waals surface area contributed by atoms with Crippen LogP contribution in [0.15, 0.2) is 178 Å². The van der Waals surface area contributed by atoms with Crippen molar-refractivity contribution in [2.45, 2.75) is 6.17 Å². The molecule has 0 bridgehead atoms. The lowest BCUT2D eigenvalue weighted by atomic mass is 10.0. The Morgan fingerprint density at radius 2 is 1.02 bits per heavy atom. The molecule has 4 nitrogen and oxygen atoms in total. The van der Waals surface area contributed by atoms with Crippen LogP contribution >= 0.6 is 11.3 Å². The first-order valence-electron chi connectivity index (χ1n) is 16.8. The van der Waals surface area contributed by atoms with Gasteiger partial charge in [-0.3, -0.25) is 0 Å². The number of aliphatic imine (C=N–C) groups is 2. The van der Waals surface area contributed by atoms with Gasteiger partial charge >= 0.3 is 0 Å². The molecule has 1 aliphatic rings. The minimum absolute atomic E-state index is 0.278. The molecular weight excluding hydrogens is 631 g/mol. The zero-order chi connectivity index (χ0) is 33.0. The summed E-state index contributed by atoms with van der Waals surface area (Å²) in [4.78, 5) is 10.2. The van der Waals surface area contributed by atoms with Crippen LogP contribution in [0.25, 0.3) is 64.4 Å². The molecule has 0 spiro atoms. The molecule has 5 heteroatoms. The van der Waals surface area contributed by atoms with Crippen molar-refractivity contribution in [3.63, 3.8) is 0 Å². The van der Waals surface area contributed by atoms with Gasteiger partial charge in [-0.25, -0.2) is 9.98 Å². The van der Waals surface area contributed by atoms with Crippen LogP contribution in [0.4, 0.5) is 0 Å². The first-order valence-corrected chi connectivity index (χ1v) is 17.6. The summed E-state index contributed by atoms with van der Waals surface area (Å²) < 4.78 is 9.15. The van der Waals surface area contributed by atoms with Crippen LogP contribution in [-0.2, 0) is 0 Å². The highest BCUT2D eigenvalue weighted by molar-refractivity contribution is 7.25. The summed E-state index contributed by atoms with van der Waals surface area (Å²) >= 11 is 1.84. The van der Waals surface area contributed by atoms with Gasteiger partial charge in [0.15, 0.2) is 5.84 Å². The Bertz CT molecular complexity index is 2780. The van der Waals surface area contributed by atoms with E-state index in [9.17, 15) is 0 Å². The Balaban J connectivity index is 1.02. The van der Waals surface area contributed by atoms with Crippen molar-refractivity contribution in [1.82, 2.24) is 5.32 Å². The van der Waals surface area contributed by atoms with E-state index in [1.54, 1.807) is 0 Å². The normalized spacial score (nSPS) is 14.6. The summed E-state index contributed by atoms with van der Waals surface area (Å²) in [5, 5.41) is 8.37. The van der Waals surface area contributed by atoms with Crippen molar-refractivity contribution in [2.75, 3.05) is 0 Å². The number of rotatable bonds is 5. The molecule has 50 heavy (non-hydrogen) atoms. The lowest BCUT2D eigenvalue weighted by Crippen LogP contribution is -2.33. The average Bonchev–Trinajstić information content (AvgIpc) is 3.75. The number of furan rings is 1. The molecule has 7 aromatic carbocycles. The number of nitrogens with zero attached hydrogens (tertiary/aromatic N) is 2. The van der Waals surface area contributed by atoms with Gasteiger partial charge in [-0.05, 0) is 64.2 Å². The molecular formula is C45H29N3OS. The van der Waals surface area contributed by atoms with Crippen molar-refractivity contribution >= 4 is 65.1 Å². The zero-order valence-corrected chi connectivity index (χ0v) is 27.7. The number of amidine groups is 2. The van der Waals surface area contributed by atoms with E-state index in [1.165, 1.54) is 36.9 Å². The highest BCUT2D eigenvalue weighted by Crippen LogP contribution is 2.38. The minimum Gasteiger partial charge on any atom is -0.456 e. The SMILES string of the molecule is c1ccc(-c2ccc(C3=NC(c4ccc5c(c4)oc4cc(-c6ccc7c(c6)sc6ccccc67)ccc45)=NC(c4ccccc4)N3)cc2)cc1. The number of thiophene rings is 1. The highest BCUT2D eigenvalue weighted by Gasteiger charge is 2.22. The standard InChI is InChI=1S/C45H29N3OS/c1-3-9-28(10-4-1)29-15-17-31(18-16-29)44-46-43(30-11-5-2-6-12-30)47-45(48-44)34-21-23-36-35-22-19-32(25-39(35)49-40(36)26-34)33-20-24-38-37-13-7-8-14-41(37)50-42(38)27-33/h1-27,43H,(H,46,47,48). The Morgan fingerprint density at radius 1 is 0.460 bits per heavy atom. The monoisotopic (exact) mass is 659 g/mol. The third kappa shape index (κ3) is 4.99. The van der Waals surface area contributed by atoms with Crippen LogP contribution < -0.4 is 5.32 Å². The predicted octanol–water partition coefficient (Wildman–Crippen LogP) is 11.8. The van der Waals surface area contributed by atoms with Crippen LogP contribution in [0.1, 0.15) is 22.9 Å². The number of nitrogens with one attached hydrogen (secondary N) is 1. The van der Waals surface area contributed by atoms with Gasteiger partial charge in [0.2, 0.25) is 0 Å². The lowest BCUT2D eigenvalue weighted by molar-refractivity contribution is 0.667. The Labute approximate surface area is 292 Å². The summed E-state index contributed by atoms with van der Waals surface area (Å²) in [6.45, 7) is 0. The van der Waals surface area contributed by atoms with E-state index in [4.69, 9.17) is 14.4 Å². The predicted molar refractivity (Wildman–Crippen MR) is 209 cm³/mol. The Hall–Kier alpha value is -6.30. The van der Waals surface area contributed by atoms with E-state index in [-0.39, 0.29) is 6.17 Å². The number of benzene rings is 7. The van der Waals surface area contributed by atoms with Crippen molar-refractivity contribution in [2.24, 2.45) is 9.98 Å². The van der Waals surface area contributed by atoms with Gasteiger partial charge in [0.1, 0.15) is 23.2 Å². The average molecular weight is 660 g/mol. The molecule has 0 saturated heterocycles. The minimum atomic E-state index is -0.278. The molecule has 9 aromatic rings. The summed E-state index contributed by atoms with van der Waals surface area (Å²) in [6.07, 6.45) is -0.278. The molecule has 0 amide bonds. The summed E-state index contributed by atoms with van der Waals surface area (Å²) in [5.41, 5.74) is 9.34. The van der Waals surface area contributed by atoms with Gasteiger partial charge in [-0.2, -0.15) is 0 Å². The van der Waals surface area contributed by atoms with Crippen LogP contribution in [-0.4, -0.2) is 11.7 Å². The second-order valence-electron chi connectivity index (χ2n) is 12.6. The van der Waals surface area contributed by atoms with E-state index in [0.717, 1.165) is 50.0 Å². The van der Waals surface area contributed by atoms with Gasteiger partial charge in [0, 0.05) is 42.1 Å². The highest BCUT2D eigenvalue weighted by atomic mass is 32.1. The molecule has 0 radical (unpaired) electrons. The molecule has 1 N–H and O–H groups in total. The van der Waals surface area contributed by atoms with Gasteiger partial charge in [-0.15, -0.1) is 11.3 Å². The quantitative estimate of drug-likeness (QED) is 0.200. The smallest absolute Gasteiger partial charge is 0.159 e. The topological polar surface area (TPSA) is 49.9 Å². The van der Waals surface area contributed by atoms with E-state index in [2.05, 4.69) is 145 Å². The number of hydrogen-bond acceptors (Lipinski definition) is 5. The second kappa shape index (κ2) is 11.7. The summed E-state index contributed by atoms with van der Waals surface area (Å²) in [7, 11) is 0. The van der Waals surface area contributed by atoms with E-state index >= 15 is 0 Å². The van der Waals surface area contributed by atoms with Gasteiger partial charge in [0.05, 0.1) is 0 Å². The molecule has 2 aromatic heterocycles. The van der Waals surface area contributed by atoms with E-state index in [1.807, 2.05) is 35.6 Å². The molecule has 0 aliphatic carbocycles. The Morgan fingerprint density at radius 3 is 1.80 bits per heavy atom. The summed E-state index contributed by atoms with van der Waals surface area (Å²) in [6, 6.07) is 57.5. The number of hydrogen-bond donors (Lipinski definition) is 1. The number of fused-ring (bicyclic) bond motifs is 6. The second-order valence-corrected chi connectivity index (χ2v) is 13.7. The Kier molecular flexibility index (Phi) is 6.71. The van der Waals surface area contributed by atoms with Crippen molar-refractivity contribution in [3.8, 4) is 22.3 Å². The molecule has 236 valence electrons. The maximum Gasteiger partial charge on any atom is 0.159 e. The fourth-order valence-corrected chi connectivity index (χ4v) is 8.13. The first kappa shape index (κ1) is 28.7. The van der Waals surface area contributed by atoms with Crippen LogP contribution in [0.5, 0.6) is 0 Å². The molecule has 1 atom stereocenters. The fourth-order valence-electron chi connectivity index (χ4n) is 6.98. The third-order valence-electron chi connectivity index (χ3n) is 9.57. The molecule has 1 aliphatic heterocycles. The van der Waals surface area contributed by atoms with Gasteiger partial charge in [-0.1, -0.05) is 127 Å². The lowest BCUT2D eigenvalue weighted by Gasteiger charge is -2.23. The van der Waals surface area contributed by atoms with E-state index in [0.29, 0.717) is 5.84 Å². The zero-order valence-electron chi connectivity index (χ0n) is 26.9. The van der Waals surface area contributed by atoms with Gasteiger partial charge < -0.3 is 9.73 Å². The maximum absolute atomic E-state index is 6.54. The van der Waals surface area contributed by atoms with Crippen molar-refractivity contribution < 1.29 is 4.42 Å². The molecule has 1 unspecified atom stereocenters.